The van der Waals surface area contributed by atoms with Gasteiger partial charge in [-0.2, -0.15) is 0 Å². The van der Waals surface area contributed by atoms with Gasteiger partial charge in [0.05, 0.1) is 5.56 Å². The molecule has 2 aromatic carbocycles. The van der Waals surface area contributed by atoms with Crippen LogP contribution in [0.25, 0.3) is 0 Å². The maximum absolute atomic E-state index is 13.8. The van der Waals surface area contributed by atoms with Crippen molar-refractivity contribution >= 4 is 11.6 Å². The molecule has 0 saturated heterocycles. The summed E-state index contributed by atoms with van der Waals surface area (Å²) in [5, 5.41) is 2.69. The van der Waals surface area contributed by atoms with Crippen LogP contribution in [-0.2, 0) is 0 Å². The second-order valence-electron chi connectivity index (χ2n) is 4.26. The Morgan fingerprint density at radius 1 is 1.11 bits per heavy atom. The van der Waals surface area contributed by atoms with Crippen LogP contribution in [0.15, 0.2) is 42.5 Å². The van der Waals surface area contributed by atoms with Gasteiger partial charge in [-0.05, 0) is 43.2 Å². The number of hydrogen-bond donors (Lipinski definition) is 1. The summed E-state index contributed by atoms with van der Waals surface area (Å²) in [5.41, 5.74) is 2.24. The lowest BCUT2D eigenvalue weighted by Crippen LogP contribution is -2.14. The molecule has 0 unspecified atom stereocenters. The zero-order chi connectivity index (χ0) is 13.1. The quantitative estimate of drug-likeness (QED) is 0.856. The number of carbonyl (C=O) groups excluding carboxylic acids is 1. The average Bonchev–Trinajstić information content (AvgIpc) is 2.32. The highest BCUT2D eigenvalue weighted by Crippen LogP contribution is 2.15. The van der Waals surface area contributed by atoms with E-state index in [1.54, 1.807) is 25.1 Å². The SMILES string of the molecule is Cc1cccc(NC(=O)c2cccc(C)c2F)c1. The molecule has 1 amide bonds. The van der Waals surface area contributed by atoms with Crippen molar-refractivity contribution in [2.45, 2.75) is 13.8 Å². The van der Waals surface area contributed by atoms with E-state index in [0.29, 0.717) is 11.3 Å². The normalized spacial score (nSPS) is 10.2. The van der Waals surface area contributed by atoms with Gasteiger partial charge in [0.1, 0.15) is 5.82 Å². The van der Waals surface area contributed by atoms with E-state index in [4.69, 9.17) is 0 Å². The lowest BCUT2D eigenvalue weighted by atomic mass is 10.1. The lowest BCUT2D eigenvalue weighted by molar-refractivity contribution is 0.102. The molecule has 2 aromatic rings. The van der Waals surface area contributed by atoms with Gasteiger partial charge in [0.2, 0.25) is 0 Å². The first-order chi connectivity index (χ1) is 8.58. The summed E-state index contributed by atoms with van der Waals surface area (Å²) in [7, 11) is 0. The number of rotatable bonds is 2. The van der Waals surface area contributed by atoms with Crippen molar-refractivity contribution in [2.24, 2.45) is 0 Å². The van der Waals surface area contributed by atoms with E-state index in [0.717, 1.165) is 5.56 Å². The van der Waals surface area contributed by atoms with Gasteiger partial charge in [-0.1, -0.05) is 24.3 Å². The molecule has 2 nitrogen and oxygen atoms in total. The van der Waals surface area contributed by atoms with E-state index in [1.807, 2.05) is 25.1 Å². The van der Waals surface area contributed by atoms with Crippen LogP contribution in [0.4, 0.5) is 10.1 Å². The van der Waals surface area contributed by atoms with Crippen LogP contribution >= 0.6 is 0 Å². The molecule has 0 bridgehead atoms. The molecule has 3 heteroatoms. The predicted molar refractivity (Wildman–Crippen MR) is 70.3 cm³/mol. The van der Waals surface area contributed by atoms with Crippen LogP contribution in [0.3, 0.4) is 0 Å². The monoisotopic (exact) mass is 243 g/mol. The van der Waals surface area contributed by atoms with Crippen LogP contribution in [0, 0.1) is 19.7 Å². The molecule has 0 aliphatic carbocycles. The van der Waals surface area contributed by atoms with Crippen LogP contribution in [0.5, 0.6) is 0 Å². The molecule has 0 saturated carbocycles. The molecule has 0 aliphatic rings. The second-order valence-corrected chi connectivity index (χ2v) is 4.26. The Morgan fingerprint density at radius 3 is 2.56 bits per heavy atom. The van der Waals surface area contributed by atoms with E-state index in [1.165, 1.54) is 6.07 Å². The van der Waals surface area contributed by atoms with Crippen molar-refractivity contribution in [3.8, 4) is 0 Å². The summed E-state index contributed by atoms with van der Waals surface area (Å²) in [6.45, 7) is 3.57. The largest absolute Gasteiger partial charge is 0.322 e. The molecule has 18 heavy (non-hydrogen) atoms. The summed E-state index contributed by atoms with van der Waals surface area (Å²) in [4.78, 5) is 11.9. The molecule has 0 spiro atoms. The zero-order valence-corrected chi connectivity index (χ0v) is 10.3. The summed E-state index contributed by atoms with van der Waals surface area (Å²) in [6.07, 6.45) is 0. The number of carbonyl (C=O) groups is 1. The molecule has 0 aromatic heterocycles. The van der Waals surface area contributed by atoms with E-state index in [-0.39, 0.29) is 5.56 Å². The zero-order valence-electron chi connectivity index (χ0n) is 10.3. The Balaban J connectivity index is 2.25. The van der Waals surface area contributed by atoms with Gasteiger partial charge in [0.25, 0.3) is 5.91 Å². The number of halogens is 1. The minimum absolute atomic E-state index is 0.0662. The number of benzene rings is 2. The highest BCUT2D eigenvalue weighted by atomic mass is 19.1. The lowest BCUT2D eigenvalue weighted by Gasteiger charge is -2.07. The highest BCUT2D eigenvalue weighted by Gasteiger charge is 2.13. The third-order valence-electron chi connectivity index (χ3n) is 2.71. The van der Waals surface area contributed by atoms with Gasteiger partial charge in [-0.3, -0.25) is 4.79 Å². The van der Waals surface area contributed by atoms with Crippen molar-refractivity contribution in [1.29, 1.82) is 0 Å². The van der Waals surface area contributed by atoms with Gasteiger partial charge >= 0.3 is 0 Å². The van der Waals surface area contributed by atoms with E-state index >= 15 is 0 Å². The molecular formula is C15H14FNO. The fourth-order valence-corrected chi connectivity index (χ4v) is 1.74. The predicted octanol–water partition coefficient (Wildman–Crippen LogP) is 3.69. The smallest absolute Gasteiger partial charge is 0.258 e. The summed E-state index contributed by atoms with van der Waals surface area (Å²) >= 11 is 0. The van der Waals surface area contributed by atoms with Crippen molar-refractivity contribution in [1.82, 2.24) is 0 Å². The Bertz CT molecular complexity index is 593. The summed E-state index contributed by atoms with van der Waals surface area (Å²) < 4.78 is 13.8. The third kappa shape index (κ3) is 2.56. The van der Waals surface area contributed by atoms with Crippen molar-refractivity contribution in [3.63, 3.8) is 0 Å². The minimum Gasteiger partial charge on any atom is -0.322 e. The number of amides is 1. The average molecular weight is 243 g/mol. The molecule has 0 atom stereocenters. The van der Waals surface area contributed by atoms with Gasteiger partial charge in [0, 0.05) is 5.69 Å². The fraction of sp³-hybridized carbons (Fsp3) is 0.133. The Kier molecular flexibility index (Phi) is 3.42. The number of anilines is 1. The van der Waals surface area contributed by atoms with Gasteiger partial charge in [-0.15, -0.1) is 0 Å². The number of hydrogen-bond acceptors (Lipinski definition) is 1. The summed E-state index contributed by atoms with van der Waals surface area (Å²) in [5.74, 6) is -0.899. The van der Waals surface area contributed by atoms with Crippen molar-refractivity contribution in [3.05, 3.63) is 65.0 Å². The van der Waals surface area contributed by atoms with Crippen LogP contribution in [0.2, 0.25) is 0 Å². The fourth-order valence-electron chi connectivity index (χ4n) is 1.74. The molecule has 1 N–H and O–H groups in total. The standard InChI is InChI=1S/C15H14FNO/c1-10-5-3-7-12(9-10)17-15(18)13-8-4-6-11(2)14(13)16/h3-9H,1-2H3,(H,17,18). The molecule has 2 rings (SSSR count). The summed E-state index contributed by atoms with van der Waals surface area (Å²) in [6, 6.07) is 12.2. The molecule has 0 radical (unpaired) electrons. The van der Waals surface area contributed by atoms with Crippen LogP contribution in [0.1, 0.15) is 21.5 Å². The molecule has 92 valence electrons. The molecular weight excluding hydrogens is 229 g/mol. The maximum Gasteiger partial charge on any atom is 0.258 e. The van der Waals surface area contributed by atoms with Gasteiger partial charge in [0.15, 0.2) is 0 Å². The van der Waals surface area contributed by atoms with Crippen LogP contribution in [-0.4, -0.2) is 5.91 Å². The second kappa shape index (κ2) is 5.00. The van der Waals surface area contributed by atoms with Crippen LogP contribution < -0.4 is 5.32 Å². The molecule has 0 heterocycles. The Morgan fingerprint density at radius 2 is 1.83 bits per heavy atom. The van der Waals surface area contributed by atoms with Gasteiger partial charge < -0.3 is 5.32 Å². The van der Waals surface area contributed by atoms with E-state index < -0.39 is 11.7 Å². The van der Waals surface area contributed by atoms with Gasteiger partial charge in [-0.25, -0.2) is 4.39 Å². The highest BCUT2D eigenvalue weighted by molar-refractivity contribution is 6.04. The Hall–Kier alpha value is -2.16. The Labute approximate surface area is 105 Å². The maximum atomic E-state index is 13.8. The third-order valence-corrected chi connectivity index (χ3v) is 2.71. The first kappa shape index (κ1) is 12.3. The minimum atomic E-state index is -0.470. The van der Waals surface area contributed by atoms with E-state index in [2.05, 4.69) is 5.32 Å². The topological polar surface area (TPSA) is 29.1 Å². The first-order valence-corrected chi connectivity index (χ1v) is 5.71. The van der Waals surface area contributed by atoms with E-state index in [9.17, 15) is 9.18 Å². The number of nitrogens with one attached hydrogen (secondary N) is 1. The molecule has 0 fully saturated rings. The van der Waals surface area contributed by atoms with Crippen molar-refractivity contribution in [2.75, 3.05) is 5.32 Å². The number of aryl methyl sites for hydroxylation is 2. The molecule has 0 aliphatic heterocycles. The first-order valence-electron chi connectivity index (χ1n) is 5.71. The van der Waals surface area contributed by atoms with Crippen molar-refractivity contribution < 1.29 is 9.18 Å².